The molecular weight excluding hydrogens is 278 g/mol. The Morgan fingerprint density at radius 1 is 1.00 bits per heavy atom. The zero-order chi connectivity index (χ0) is 15.7. The van der Waals surface area contributed by atoms with Gasteiger partial charge >= 0.3 is 5.97 Å². The van der Waals surface area contributed by atoms with Gasteiger partial charge in [0.2, 0.25) is 5.91 Å². The lowest BCUT2D eigenvalue weighted by atomic mass is 9.89. The van der Waals surface area contributed by atoms with E-state index in [4.69, 9.17) is 4.74 Å². The molecule has 0 spiro atoms. The topological polar surface area (TPSA) is 55.4 Å². The maximum absolute atomic E-state index is 12.2. The van der Waals surface area contributed by atoms with Gasteiger partial charge in [-0.3, -0.25) is 4.79 Å². The van der Waals surface area contributed by atoms with Crippen LogP contribution in [0, 0.1) is 0 Å². The molecule has 2 aromatic carbocycles. The molecule has 22 heavy (non-hydrogen) atoms. The fraction of sp³-hybridized carbons (Fsp3) is 0.222. The number of esters is 1. The summed E-state index contributed by atoms with van der Waals surface area (Å²) in [6, 6.07) is 15.2. The lowest BCUT2D eigenvalue weighted by Gasteiger charge is -2.24. The minimum absolute atomic E-state index is 0.233. The first-order chi connectivity index (χ1) is 10.6. The Morgan fingerprint density at radius 2 is 1.50 bits per heavy atom. The molecule has 4 heteroatoms. The highest BCUT2D eigenvalue weighted by atomic mass is 16.5. The fourth-order valence-electron chi connectivity index (χ4n) is 3.18. The van der Waals surface area contributed by atoms with E-state index in [9.17, 15) is 9.59 Å². The molecule has 0 heterocycles. The van der Waals surface area contributed by atoms with E-state index in [-0.39, 0.29) is 11.8 Å². The zero-order valence-corrected chi connectivity index (χ0v) is 12.5. The second kappa shape index (κ2) is 5.64. The van der Waals surface area contributed by atoms with E-state index in [0.717, 1.165) is 22.3 Å². The zero-order valence-electron chi connectivity index (χ0n) is 12.5. The second-order valence-electron chi connectivity index (χ2n) is 5.35. The van der Waals surface area contributed by atoms with Crippen LogP contribution < -0.4 is 5.32 Å². The molecule has 2 aromatic rings. The summed E-state index contributed by atoms with van der Waals surface area (Å²) in [4.78, 5) is 23.8. The number of methoxy groups -OCH3 is 1. The molecule has 3 rings (SSSR count). The molecule has 1 aliphatic carbocycles. The van der Waals surface area contributed by atoms with E-state index in [1.54, 1.807) is 0 Å². The highest BCUT2D eigenvalue weighted by molar-refractivity contribution is 5.88. The Hall–Kier alpha value is -2.62. The van der Waals surface area contributed by atoms with Gasteiger partial charge in [-0.05, 0) is 22.3 Å². The van der Waals surface area contributed by atoms with Crippen molar-refractivity contribution in [2.75, 3.05) is 7.11 Å². The molecule has 0 unspecified atom stereocenters. The third kappa shape index (κ3) is 2.26. The van der Waals surface area contributed by atoms with Crippen molar-refractivity contribution in [2.24, 2.45) is 0 Å². The van der Waals surface area contributed by atoms with Crippen LogP contribution >= 0.6 is 0 Å². The minimum atomic E-state index is -0.729. The van der Waals surface area contributed by atoms with Gasteiger partial charge in [0.1, 0.15) is 6.04 Å². The van der Waals surface area contributed by atoms with Gasteiger partial charge in [0.05, 0.1) is 7.11 Å². The molecule has 1 amide bonds. The van der Waals surface area contributed by atoms with Crippen LogP contribution in [0.25, 0.3) is 11.1 Å². The van der Waals surface area contributed by atoms with Crippen LogP contribution in [0.5, 0.6) is 0 Å². The van der Waals surface area contributed by atoms with Crippen molar-refractivity contribution in [3.05, 3.63) is 59.7 Å². The van der Waals surface area contributed by atoms with Gasteiger partial charge in [-0.15, -0.1) is 0 Å². The normalized spacial score (nSPS) is 13.9. The van der Waals surface area contributed by atoms with Gasteiger partial charge in [0.15, 0.2) is 0 Å². The van der Waals surface area contributed by atoms with E-state index < -0.39 is 12.0 Å². The summed E-state index contributed by atoms with van der Waals surface area (Å²) in [5.74, 6) is -0.923. The molecule has 4 nitrogen and oxygen atoms in total. The van der Waals surface area contributed by atoms with Crippen molar-refractivity contribution >= 4 is 11.9 Å². The van der Waals surface area contributed by atoms with Crippen LogP contribution in [0.1, 0.15) is 24.0 Å². The minimum Gasteiger partial charge on any atom is -0.467 e. The van der Waals surface area contributed by atoms with E-state index >= 15 is 0 Å². The van der Waals surface area contributed by atoms with Crippen molar-refractivity contribution in [2.45, 2.75) is 18.9 Å². The number of fused-ring (bicyclic) bond motifs is 3. The molecule has 0 fully saturated rings. The lowest BCUT2D eigenvalue weighted by molar-refractivity contribution is -0.145. The highest BCUT2D eigenvalue weighted by Gasteiger charge is 2.38. The van der Waals surface area contributed by atoms with E-state index in [1.807, 2.05) is 48.5 Å². The monoisotopic (exact) mass is 295 g/mol. The van der Waals surface area contributed by atoms with E-state index in [2.05, 4.69) is 5.32 Å². The maximum atomic E-state index is 12.2. The first-order valence-corrected chi connectivity index (χ1v) is 7.16. The average molecular weight is 295 g/mol. The average Bonchev–Trinajstić information content (AvgIpc) is 2.86. The number of amides is 1. The predicted molar refractivity (Wildman–Crippen MR) is 83.3 cm³/mol. The van der Waals surface area contributed by atoms with Crippen molar-refractivity contribution < 1.29 is 14.3 Å². The molecule has 112 valence electrons. The molecule has 0 aromatic heterocycles. The predicted octanol–water partition coefficient (Wildman–Crippen LogP) is 2.48. The Bertz CT molecular complexity index is 693. The third-order valence-electron chi connectivity index (χ3n) is 4.03. The van der Waals surface area contributed by atoms with Gasteiger partial charge in [0.25, 0.3) is 0 Å². The van der Waals surface area contributed by atoms with E-state index in [1.165, 1.54) is 14.0 Å². The summed E-state index contributed by atoms with van der Waals surface area (Å²) >= 11 is 0. The lowest BCUT2D eigenvalue weighted by Crippen LogP contribution is -2.44. The van der Waals surface area contributed by atoms with Crippen LogP contribution in [0.3, 0.4) is 0 Å². The number of benzene rings is 2. The maximum Gasteiger partial charge on any atom is 0.329 e. The number of hydrogen-bond acceptors (Lipinski definition) is 3. The van der Waals surface area contributed by atoms with Gasteiger partial charge in [-0.25, -0.2) is 4.79 Å². The summed E-state index contributed by atoms with van der Waals surface area (Å²) in [6.45, 7) is 1.41. The first kappa shape index (κ1) is 14.3. The van der Waals surface area contributed by atoms with Crippen LogP contribution in [-0.4, -0.2) is 25.0 Å². The molecule has 0 saturated carbocycles. The molecule has 0 bridgehead atoms. The van der Waals surface area contributed by atoms with Crippen molar-refractivity contribution in [3.8, 4) is 11.1 Å². The smallest absolute Gasteiger partial charge is 0.329 e. The Kier molecular flexibility index (Phi) is 3.67. The fourth-order valence-corrected chi connectivity index (χ4v) is 3.18. The number of hydrogen-bond donors (Lipinski definition) is 1. The number of nitrogens with one attached hydrogen (secondary N) is 1. The van der Waals surface area contributed by atoms with Gasteiger partial charge in [0, 0.05) is 12.8 Å². The molecule has 0 radical (unpaired) electrons. The summed E-state index contributed by atoms with van der Waals surface area (Å²) in [6.07, 6.45) is 0. The number of rotatable bonds is 3. The summed E-state index contributed by atoms with van der Waals surface area (Å²) in [7, 11) is 1.34. The molecule has 0 saturated heterocycles. The van der Waals surface area contributed by atoms with Crippen LogP contribution in [0.2, 0.25) is 0 Å². The Labute approximate surface area is 129 Å². The molecule has 1 atom stereocenters. The van der Waals surface area contributed by atoms with Crippen LogP contribution in [0.4, 0.5) is 0 Å². The molecule has 1 aliphatic rings. The first-order valence-electron chi connectivity index (χ1n) is 7.16. The summed E-state index contributed by atoms with van der Waals surface area (Å²) < 4.78 is 4.90. The summed E-state index contributed by atoms with van der Waals surface area (Å²) in [5.41, 5.74) is 4.27. The molecule has 1 N–H and O–H groups in total. The third-order valence-corrected chi connectivity index (χ3v) is 4.03. The highest BCUT2D eigenvalue weighted by Crippen LogP contribution is 2.46. The Balaban J connectivity index is 2.16. The van der Waals surface area contributed by atoms with E-state index in [0.29, 0.717) is 0 Å². The molecular formula is C18H17NO3. The number of ether oxygens (including phenoxy) is 1. The number of carbonyl (C=O) groups is 2. The van der Waals surface area contributed by atoms with Gasteiger partial charge in [-0.1, -0.05) is 48.5 Å². The second-order valence-corrected chi connectivity index (χ2v) is 5.35. The standard InChI is InChI=1S/C18H17NO3/c1-11(20)19-17(18(21)22-2)16-14-9-5-3-7-12(14)13-8-4-6-10-15(13)16/h3-10,16-17H,1-2H3,(H,19,20)/t17-/m1/s1. The van der Waals surface area contributed by atoms with Crippen LogP contribution in [0.15, 0.2) is 48.5 Å². The summed E-state index contributed by atoms with van der Waals surface area (Å²) in [5, 5.41) is 2.74. The van der Waals surface area contributed by atoms with Gasteiger partial charge in [-0.2, -0.15) is 0 Å². The van der Waals surface area contributed by atoms with Gasteiger partial charge < -0.3 is 10.1 Å². The van der Waals surface area contributed by atoms with Crippen molar-refractivity contribution in [1.29, 1.82) is 0 Å². The van der Waals surface area contributed by atoms with Crippen molar-refractivity contribution in [1.82, 2.24) is 5.32 Å². The van der Waals surface area contributed by atoms with Crippen molar-refractivity contribution in [3.63, 3.8) is 0 Å². The van der Waals surface area contributed by atoms with Crippen LogP contribution in [-0.2, 0) is 14.3 Å². The Morgan fingerprint density at radius 3 is 1.95 bits per heavy atom. The molecule has 0 aliphatic heterocycles. The quantitative estimate of drug-likeness (QED) is 0.885. The SMILES string of the molecule is COC(=O)[C@H](NC(C)=O)C1c2ccccc2-c2ccccc21. The largest absolute Gasteiger partial charge is 0.467 e. The number of carbonyl (C=O) groups excluding carboxylic acids is 2.